The summed E-state index contributed by atoms with van der Waals surface area (Å²) in [5, 5.41) is 10.1. The molecule has 0 heterocycles. The molecule has 0 saturated carbocycles. The maximum atomic E-state index is 12.0. The van der Waals surface area contributed by atoms with Crippen LogP contribution in [0.2, 0.25) is 5.02 Å². The van der Waals surface area contributed by atoms with E-state index in [1.807, 2.05) is 0 Å². The summed E-state index contributed by atoms with van der Waals surface area (Å²) in [6.07, 6.45) is 0. The van der Waals surface area contributed by atoms with E-state index < -0.39 is 17.5 Å². The topological polar surface area (TPSA) is 94.1 Å². The van der Waals surface area contributed by atoms with Crippen molar-refractivity contribution in [3.63, 3.8) is 0 Å². The van der Waals surface area contributed by atoms with Gasteiger partial charge in [0, 0.05) is 10.7 Å². The highest BCUT2D eigenvalue weighted by atomic mass is 35.5. The van der Waals surface area contributed by atoms with Crippen LogP contribution in [-0.2, 0) is 14.5 Å². The Bertz CT molecular complexity index is 760. The van der Waals surface area contributed by atoms with Crippen LogP contribution in [0.15, 0.2) is 48.5 Å². The molecule has 2 aromatic carbocycles. The predicted molar refractivity (Wildman–Crippen MR) is 88.9 cm³/mol. The third kappa shape index (κ3) is 5.10. The van der Waals surface area contributed by atoms with Crippen LogP contribution >= 0.6 is 11.6 Å². The number of benzene rings is 2. The van der Waals surface area contributed by atoms with Crippen molar-refractivity contribution < 1.29 is 29.1 Å². The fourth-order valence-electron chi connectivity index (χ4n) is 1.76. The molecule has 0 aliphatic carbocycles. The number of rotatable bonds is 6. The molecule has 0 saturated heterocycles. The summed E-state index contributed by atoms with van der Waals surface area (Å²) in [5.74, 6) is -1.58. The summed E-state index contributed by atoms with van der Waals surface area (Å²) < 4.78 is 5.53. The summed E-state index contributed by atoms with van der Waals surface area (Å²) in [6.45, 7) is 2.97. The Kier molecular flexibility index (Phi) is 5.84. The van der Waals surface area contributed by atoms with Gasteiger partial charge in [-0.2, -0.15) is 0 Å². The fraction of sp³-hybridized carbons (Fsp3) is 0.176. The Morgan fingerprint density at radius 1 is 1.04 bits per heavy atom. The third-order valence-corrected chi connectivity index (χ3v) is 3.32. The molecule has 0 spiro atoms. The van der Waals surface area contributed by atoms with Crippen molar-refractivity contribution in [2.24, 2.45) is 0 Å². The van der Waals surface area contributed by atoms with Gasteiger partial charge in [0.2, 0.25) is 5.60 Å². The lowest BCUT2D eigenvalue weighted by molar-refractivity contribution is -0.192. The van der Waals surface area contributed by atoms with Crippen molar-refractivity contribution in [2.75, 3.05) is 0 Å². The first-order valence-electron chi connectivity index (χ1n) is 7.19. The number of halogens is 1. The van der Waals surface area contributed by atoms with Crippen LogP contribution in [-0.4, -0.2) is 22.6 Å². The fourth-order valence-corrected chi connectivity index (χ4v) is 1.89. The molecule has 0 atom stereocenters. The van der Waals surface area contributed by atoms with Gasteiger partial charge in [-0.25, -0.2) is 9.59 Å². The van der Waals surface area contributed by atoms with E-state index in [1.54, 1.807) is 42.0 Å². The molecule has 0 aromatic heterocycles. The first-order valence-corrected chi connectivity index (χ1v) is 7.57. The number of hydrogen-bond acceptors (Lipinski definition) is 7. The molecule has 0 aliphatic rings. The number of para-hydroxylation sites is 1. The molecule has 0 unspecified atom stereocenters. The predicted octanol–water partition coefficient (Wildman–Crippen LogP) is 3.02. The quantitative estimate of drug-likeness (QED) is 0.760. The number of phenolic OH excluding ortho intramolecular Hbond substituents is 1. The van der Waals surface area contributed by atoms with Gasteiger partial charge in [0.05, 0.1) is 0 Å². The van der Waals surface area contributed by atoms with E-state index in [-0.39, 0.29) is 11.3 Å². The van der Waals surface area contributed by atoms with E-state index in [2.05, 4.69) is 9.68 Å². The molecule has 132 valence electrons. The van der Waals surface area contributed by atoms with Crippen molar-refractivity contribution in [3.8, 4) is 11.5 Å². The van der Waals surface area contributed by atoms with Crippen LogP contribution < -0.4 is 10.4 Å². The van der Waals surface area contributed by atoms with Crippen molar-refractivity contribution >= 4 is 23.5 Å². The van der Waals surface area contributed by atoms with Crippen LogP contribution in [0.1, 0.15) is 24.2 Å². The van der Waals surface area contributed by atoms with Gasteiger partial charge < -0.3 is 19.5 Å². The van der Waals surface area contributed by atoms with Gasteiger partial charge in [0.15, 0.2) is 0 Å². The minimum Gasteiger partial charge on any atom is -0.507 e. The molecule has 2 N–H and O–H groups in total. The zero-order chi connectivity index (χ0) is 18.4. The molecule has 0 amide bonds. The highest BCUT2D eigenvalue weighted by molar-refractivity contribution is 6.30. The number of phenols is 1. The van der Waals surface area contributed by atoms with E-state index >= 15 is 0 Å². The number of hydrogen-bond donors (Lipinski definition) is 2. The Labute approximate surface area is 149 Å². The maximum Gasteiger partial charge on any atom is 0.371 e. The molecule has 0 aliphatic heterocycles. The molecule has 0 fully saturated rings. The normalized spacial score (nSPS) is 10.8. The average molecular weight is 366 g/mol. The first kappa shape index (κ1) is 18.6. The lowest BCUT2D eigenvalue weighted by Crippen LogP contribution is -2.42. The van der Waals surface area contributed by atoms with E-state index in [0.717, 1.165) is 0 Å². The van der Waals surface area contributed by atoms with Gasteiger partial charge in [0.25, 0.3) is 0 Å². The van der Waals surface area contributed by atoms with Crippen LogP contribution in [0.4, 0.5) is 0 Å². The smallest absolute Gasteiger partial charge is 0.371 e. The largest absolute Gasteiger partial charge is 0.507 e. The summed E-state index contributed by atoms with van der Waals surface area (Å²) in [7, 11) is 0. The molecular weight excluding hydrogens is 350 g/mol. The van der Waals surface area contributed by atoms with E-state index in [4.69, 9.17) is 16.3 Å². The average Bonchev–Trinajstić information content (AvgIpc) is 2.57. The van der Waals surface area contributed by atoms with Crippen molar-refractivity contribution in [2.45, 2.75) is 19.4 Å². The monoisotopic (exact) mass is 365 g/mol. The van der Waals surface area contributed by atoms with Gasteiger partial charge in [-0.1, -0.05) is 23.7 Å². The Hall–Kier alpha value is -2.77. The number of ether oxygens (including phenoxy) is 1. The summed E-state index contributed by atoms with van der Waals surface area (Å²) in [6, 6.07) is 12.2. The highest BCUT2D eigenvalue weighted by Gasteiger charge is 2.33. The number of nitrogens with one attached hydrogen (secondary N) is 1. The van der Waals surface area contributed by atoms with Gasteiger partial charge >= 0.3 is 11.9 Å². The van der Waals surface area contributed by atoms with Crippen LogP contribution in [0.3, 0.4) is 0 Å². The van der Waals surface area contributed by atoms with Crippen molar-refractivity contribution in [3.05, 3.63) is 59.1 Å². The minimum absolute atomic E-state index is 0.0808. The van der Waals surface area contributed by atoms with E-state index in [1.165, 1.54) is 26.0 Å². The van der Waals surface area contributed by atoms with E-state index in [9.17, 15) is 14.7 Å². The van der Waals surface area contributed by atoms with Crippen LogP contribution in [0.25, 0.3) is 0 Å². The van der Waals surface area contributed by atoms with Crippen LogP contribution in [0, 0.1) is 0 Å². The molecule has 0 radical (unpaired) electrons. The standard InChI is InChI=1S/C17H16ClNO6/c1-17(2,23-12-9-7-11(18)8-10-12)16(22)25-19-24-15(21)13-5-3-4-6-14(13)20/h3-10,19-20H,1-2H3. The molecule has 2 rings (SSSR count). The molecule has 0 bridgehead atoms. The maximum absolute atomic E-state index is 12.0. The third-order valence-electron chi connectivity index (χ3n) is 3.07. The molecule has 25 heavy (non-hydrogen) atoms. The summed E-state index contributed by atoms with van der Waals surface area (Å²) in [5.41, 5.74) is 0.361. The summed E-state index contributed by atoms with van der Waals surface area (Å²) >= 11 is 5.78. The second-order valence-electron chi connectivity index (χ2n) is 5.45. The zero-order valence-corrected chi connectivity index (χ0v) is 14.2. The number of carbonyl (C=O) groups is 2. The SMILES string of the molecule is CC(C)(Oc1ccc(Cl)cc1)C(=O)ONOC(=O)c1ccccc1O. The Morgan fingerprint density at radius 3 is 2.32 bits per heavy atom. The van der Waals surface area contributed by atoms with Crippen molar-refractivity contribution in [1.29, 1.82) is 0 Å². The van der Waals surface area contributed by atoms with Gasteiger partial charge in [-0.3, -0.25) is 0 Å². The second kappa shape index (κ2) is 7.87. The Balaban J connectivity index is 1.87. The minimum atomic E-state index is -1.36. The van der Waals surface area contributed by atoms with Crippen LogP contribution in [0.5, 0.6) is 11.5 Å². The number of carbonyl (C=O) groups excluding carboxylic acids is 2. The molecule has 7 nitrogen and oxygen atoms in total. The Morgan fingerprint density at radius 2 is 1.68 bits per heavy atom. The highest BCUT2D eigenvalue weighted by Crippen LogP contribution is 2.21. The van der Waals surface area contributed by atoms with Gasteiger partial charge in [0.1, 0.15) is 17.1 Å². The number of aromatic hydroxyl groups is 1. The van der Waals surface area contributed by atoms with Gasteiger partial charge in [-0.15, -0.1) is 0 Å². The summed E-state index contributed by atoms with van der Waals surface area (Å²) in [4.78, 5) is 33.0. The molecule has 8 heteroatoms. The lowest BCUT2D eigenvalue weighted by Gasteiger charge is -2.23. The van der Waals surface area contributed by atoms with Gasteiger partial charge in [-0.05, 0) is 50.2 Å². The zero-order valence-electron chi connectivity index (χ0n) is 13.5. The lowest BCUT2D eigenvalue weighted by atomic mass is 10.1. The van der Waals surface area contributed by atoms with E-state index in [0.29, 0.717) is 10.8 Å². The second-order valence-corrected chi connectivity index (χ2v) is 5.88. The first-order chi connectivity index (χ1) is 11.8. The molecular formula is C17H16ClNO6. The molecule has 2 aromatic rings. The van der Waals surface area contributed by atoms with Crippen molar-refractivity contribution in [1.82, 2.24) is 5.64 Å².